The molecule has 0 N–H and O–H groups in total. The van der Waals surface area contributed by atoms with Gasteiger partial charge in [-0.05, 0) is 43.3 Å². The highest BCUT2D eigenvalue weighted by Crippen LogP contribution is 2.21. The number of esters is 2. The summed E-state index contributed by atoms with van der Waals surface area (Å²) in [6.45, 7) is 2.19. The number of ether oxygens (including phenoxy) is 2. The number of rotatable bonds is 6. The Labute approximate surface area is 155 Å². The first kappa shape index (κ1) is 19.0. The molecular weight excluding hydrogens is 386 g/mol. The molecular formula is C19H20BrNO4. The zero-order valence-corrected chi connectivity index (χ0v) is 16.0. The molecule has 0 unspecified atom stereocenters. The number of halogens is 1. The van der Waals surface area contributed by atoms with Gasteiger partial charge < -0.3 is 14.4 Å². The Morgan fingerprint density at radius 1 is 0.960 bits per heavy atom. The van der Waals surface area contributed by atoms with E-state index in [-0.39, 0.29) is 12.6 Å². The molecule has 2 aromatic carbocycles. The SMILES string of the molecule is CCOC(=O)c1ccc(COC(=O)c2ccc(N(C)C)cc2)c(Br)c1. The van der Waals surface area contributed by atoms with E-state index in [4.69, 9.17) is 9.47 Å². The van der Waals surface area contributed by atoms with Gasteiger partial charge in [0.05, 0.1) is 17.7 Å². The minimum Gasteiger partial charge on any atom is -0.462 e. The van der Waals surface area contributed by atoms with E-state index in [0.717, 1.165) is 11.3 Å². The van der Waals surface area contributed by atoms with Gasteiger partial charge in [0.25, 0.3) is 0 Å². The molecule has 0 heterocycles. The molecule has 0 aliphatic carbocycles. The molecule has 2 rings (SSSR count). The smallest absolute Gasteiger partial charge is 0.338 e. The van der Waals surface area contributed by atoms with Crippen molar-refractivity contribution in [1.29, 1.82) is 0 Å². The lowest BCUT2D eigenvalue weighted by atomic mass is 10.1. The second-order valence-electron chi connectivity index (χ2n) is 5.54. The van der Waals surface area contributed by atoms with Crippen molar-refractivity contribution < 1.29 is 19.1 Å². The third kappa shape index (κ3) is 5.06. The van der Waals surface area contributed by atoms with Gasteiger partial charge in [0, 0.05) is 29.8 Å². The van der Waals surface area contributed by atoms with E-state index >= 15 is 0 Å². The molecule has 0 atom stereocenters. The number of hydrogen-bond donors (Lipinski definition) is 0. The lowest BCUT2D eigenvalue weighted by molar-refractivity contribution is 0.0468. The molecule has 0 aliphatic rings. The Morgan fingerprint density at radius 2 is 1.56 bits per heavy atom. The molecule has 0 fully saturated rings. The first-order valence-electron chi connectivity index (χ1n) is 7.82. The van der Waals surface area contributed by atoms with Crippen LogP contribution in [0.5, 0.6) is 0 Å². The van der Waals surface area contributed by atoms with E-state index < -0.39 is 5.97 Å². The maximum atomic E-state index is 12.1. The van der Waals surface area contributed by atoms with Crippen molar-refractivity contribution >= 4 is 33.6 Å². The molecule has 6 heteroatoms. The number of benzene rings is 2. The molecule has 2 aromatic rings. The van der Waals surface area contributed by atoms with Gasteiger partial charge in [0.15, 0.2) is 0 Å². The largest absolute Gasteiger partial charge is 0.462 e. The molecule has 5 nitrogen and oxygen atoms in total. The fraction of sp³-hybridized carbons (Fsp3) is 0.263. The second kappa shape index (κ2) is 8.67. The van der Waals surface area contributed by atoms with Crippen LogP contribution in [-0.2, 0) is 16.1 Å². The molecule has 0 amide bonds. The predicted molar refractivity (Wildman–Crippen MR) is 100.0 cm³/mol. The van der Waals surface area contributed by atoms with Crippen molar-refractivity contribution in [2.45, 2.75) is 13.5 Å². The average molecular weight is 406 g/mol. The standard InChI is InChI=1S/C19H20BrNO4/c1-4-24-19(23)14-5-6-15(17(20)11-14)12-25-18(22)13-7-9-16(10-8-13)21(2)3/h5-11H,4,12H2,1-3H3. The first-order chi connectivity index (χ1) is 11.9. The lowest BCUT2D eigenvalue weighted by Gasteiger charge is -2.12. The highest BCUT2D eigenvalue weighted by molar-refractivity contribution is 9.10. The van der Waals surface area contributed by atoms with Crippen LogP contribution >= 0.6 is 15.9 Å². The fourth-order valence-corrected chi connectivity index (χ4v) is 2.62. The van der Waals surface area contributed by atoms with Crippen LogP contribution in [0.15, 0.2) is 46.9 Å². The van der Waals surface area contributed by atoms with E-state index in [2.05, 4.69) is 15.9 Å². The van der Waals surface area contributed by atoms with Crippen molar-refractivity contribution in [2.75, 3.05) is 25.6 Å². The quantitative estimate of drug-likeness (QED) is 0.678. The van der Waals surface area contributed by atoms with Crippen LogP contribution in [0.1, 0.15) is 33.2 Å². The summed E-state index contributed by atoms with van der Waals surface area (Å²) in [5.41, 5.74) is 2.72. The number of anilines is 1. The van der Waals surface area contributed by atoms with Gasteiger partial charge in [-0.3, -0.25) is 0 Å². The Bertz CT molecular complexity index is 757. The van der Waals surface area contributed by atoms with Crippen molar-refractivity contribution in [3.63, 3.8) is 0 Å². The summed E-state index contributed by atoms with van der Waals surface area (Å²) in [4.78, 5) is 25.8. The molecule has 0 spiro atoms. The molecule has 25 heavy (non-hydrogen) atoms. The average Bonchev–Trinajstić information content (AvgIpc) is 2.60. The maximum Gasteiger partial charge on any atom is 0.338 e. The van der Waals surface area contributed by atoms with Crippen LogP contribution in [0.25, 0.3) is 0 Å². The summed E-state index contributed by atoms with van der Waals surface area (Å²) >= 11 is 3.39. The molecule has 0 saturated heterocycles. The molecule has 132 valence electrons. The third-order valence-corrected chi connectivity index (χ3v) is 4.28. The van der Waals surface area contributed by atoms with E-state index in [1.54, 1.807) is 37.3 Å². The van der Waals surface area contributed by atoms with Gasteiger partial charge >= 0.3 is 11.9 Å². The van der Waals surface area contributed by atoms with Crippen LogP contribution in [0, 0.1) is 0 Å². The van der Waals surface area contributed by atoms with Crippen LogP contribution in [0.2, 0.25) is 0 Å². The van der Waals surface area contributed by atoms with Crippen LogP contribution in [0.4, 0.5) is 5.69 Å². The Balaban J connectivity index is 2.00. The van der Waals surface area contributed by atoms with E-state index in [1.807, 2.05) is 31.1 Å². The van der Waals surface area contributed by atoms with Gasteiger partial charge in [-0.1, -0.05) is 22.0 Å². The Kier molecular flexibility index (Phi) is 6.58. The molecule has 0 bridgehead atoms. The summed E-state index contributed by atoms with van der Waals surface area (Å²) in [5.74, 6) is -0.778. The van der Waals surface area contributed by atoms with Gasteiger partial charge in [-0.15, -0.1) is 0 Å². The zero-order valence-electron chi connectivity index (χ0n) is 14.4. The van der Waals surface area contributed by atoms with Crippen molar-refractivity contribution in [1.82, 2.24) is 0 Å². The summed E-state index contributed by atoms with van der Waals surface area (Å²) < 4.78 is 11.0. The van der Waals surface area contributed by atoms with E-state index in [1.165, 1.54) is 0 Å². The van der Waals surface area contributed by atoms with Gasteiger partial charge in [-0.2, -0.15) is 0 Å². The third-order valence-electron chi connectivity index (χ3n) is 3.54. The highest BCUT2D eigenvalue weighted by atomic mass is 79.9. The van der Waals surface area contributed by atoms with Crippen LogP contribution in [0.3, 0.4) is 0 Å². The summed E-state index contributed by atoms with van der Waals surface area (Å²) in [6, 6.07) is 12.2. The summed E-state index contributed by atoms with van der Waals surface area (Å²) in [6.07, 6.45) is 0. The molecule has 0 radical (unpaired) electrons. The number of hydrogen-bond acceptors (Lipinski definition) is 5. The van der Waals surface area contributed by atoms with Gasteiger partial charge in [0.2, 0.25) is 0 Å². The summed E-state index contributed by atoms with van der Waals surface area (Å²) in [7, 11) is 3.87. The Morgan fingerprint density at radius 3 is 2.12 bits per heavy atom. The number of carbonyl (C=O) groups excluding carboxylic acids is 2. The highest BCUT2D eigenvalue weighted by Gasteiger charge is 2.12. The first-order valence-corrected chi connectivity index (χ1v) is 8.61. The monoisotopic (exact) mass is 405 g/mol. The molecule has 0 aliphatic heterocycles. The fourth-order valence-electron chi connectivity index (χ4n) is 2.13. The molecule has 0 saturated carbocycles. The minimum absolute atomic E-state index is 0.109. The Hall–Kier alpha value is -2.34. The lowest BCUT2D eigenvalue weighted by Crippen LogP contribution is -2.10. The minimum atomic E-state index is -0.397. The van der Waals surface area contributed by atoms with Crippen molar-refractivity contribution in [3.05, 3.63) is 63.6 Å². The topological polar surface area (TPSA) is 55.8 Å². The van der Waals surface area contributed by atoms with Crippen LogP contribution < -0.4 is 4.90 Å². The predicted octanol–water partition coefficient (Wildman–Crippen LogP) is 4.05. The second-order valence-corrected chi connectivity index (χ2v) is 6.40. The van der Waals surface area contributed by atoms with Gasteiger partial charge in [0.1, 0.15) is 6.61 Å². The van der Waals surface area contributed by atoms with E-state index in [0.29, 0.717) is 22.2 Å². The zero-order chi connectivity index (χ0) is 18.4. The van der Waals surface area contributed by atoms with E-state index in [9.17, 15) is 9.59 Å². The maximum absolute atomic E-state index is 12.1. The molecule has 0 aromatic heterocycles. The summed E-state index contributed by atoms with van der Waals surface area (Å²) in [5, 5.41) is 0. The van der Waals surface area contributed by atoms with Crippen molar-refractivity contribution in [3.8, 4) is 0 Å². The normalized spacial score (nSPS) is 10.2. The number of carbonyl (C=O) groups is 2. The van der Waals surface area contributed by atoms with Crippen LogP contribution in [-0.4, -0.2) is 32.6 Å². The number of nitrogens with zero attached hydrogens (tertiary/aromatic N) is 1. The van der Waals surface area contributed by atoms with Crippen molar-refractivity contribution in [2.24, 2.45) is 0 Å². The van der Waals surface area contributed by atoms with Gasteiger partial charge in [-0.25, -0.2) is 9.59 Å².